The highest BCUT2D eigenvalue weighted by Gasteiger charge is 2.21. The summed E-state index contributed by atoms with van der Waals surface area (Å²) in [6.07, 6.45) is 23.7. The Kier molecular flexibility index (Phi) is 26.0. The second-order valence-electron chi connectivity index (χ2n) is 14.1. The van der Waals surface area contributed by atoms with Crippen LogP contribution in [0.25, 0.3) is 0 Å². The first-order chi connectivity index (χ1) is 25.3. The fourth-order valence-corrected chi connectivity index (χ4v) is 5.57. The minimum absolute atomic E-state index is 0.201. The molecule has 0 amide bonds. The zero-order chi connectivity index (χ0) is 41.0. The van der Waals surface area contributed by atoms with Crippen LogP contribution >= 0.6 is 7.82 Å². The van der Waals surface area contributed by atoms with Crippen molar-refractivity contribution in [3.05, 3.63) is 12.2 Å². The van der Waals surface area contributed by atoms with Gasteiger partial charge in [-0.2, -0.15) is 0 Å². The van der Waals surface area contributed by atoms with Gasteiger partial charge in [-0.15, -0.1) is 0 Å². The molecule has 290 valence electrons. The molecule has 49 heavy (non-hydrogen) atoms. The molecule has 10 heteroatoms. The highest BCUT2D eigenvalue weighted by molar-refractivity contribution is 7.45. The number of hydrogen-bond acceptors (Lipinski definition) is 8. The van der Waals surface area contributed by atoms with Crippen LogP contribution in [-0.4, -0.2) is 69.9 Å². The average Bonchev–Trinajstić information content (AvgIpc) is 3.05. The van der Waals surface area contributed by atoms with Crippen LogP contribution in [0.4, 0.5) is 0 Å². The number of likely N-dealkylation sites (N-methyl/N-ethyl adjacent to an activating group) is 1. The van der Waals surface area contributed by atoms with Gasteiger partial charge in [-0.05, 0) is 32.1 Å². The average molecular weight is 723 g/mol. The van der Waals surface area contributed by atoms with Gasteiger partial charge in [-0.3, -0.25) is 14.2 Å². The number of hydrogen-bond donors (Lipinski definition) is 0. The lowest BCUT2D eigenvalue weighted by molar-refractivity contribution is -0.870. The Hall–Kier alpha value is -1.25. The number of rotatable bonds is 36. The van der Waals surface area contributed by atoms with Gasteiger partial charge in [0.2, 0.25) is 0 Å². The molecular formula is C39H76NO8P. The molecule has 1 unspecified atom stereocenters. The van der Waals surface area contributed by atoms with E-state index in [0.717, 1.165) is 57.8 Å². The molecule has 2 atom stereocenters. The van der Waals surface area contributed by atoms with E-state index in [9.17, 15) is 19.0 Å². The number of phosphoric acid groups is 1. The second-order valence-corrected chi connectivity index (χ2v) is 15.5. The van der Waals surface area contributed by atoms with Gasteiger partial charge in [0.15, 0.2) is 6.08 Å². The Morgan fingerprint density at radius 1 is 0.673 bits per heavy atom. The van der Waals surface area contributed by atoms with Crippen LogP contribution in [0.5, 0.6) is 0 Å². The maximum absolute atomic E-state index is 12.9. The van der Waals surface area contributed by atoms with Crippen molar-refractivity contribution in [1.29, 1.82) is 0 Å². The SMILES string of the molecule is [2H]C([2H])(OC(=O)CCCCCCCCCCCCCCCC)[C@@]([2H])(OC(=O)CCCCCCC/C=C\CCCC)C([2H])([2H])OP(=O)([O-])OCC[N+](C)(C)C. The summed E-state index contributed by atoms with van der Waals surface area (Å²) < 4.78 is 74.6. The highest BCUT2D eigenvalue weighted by Crippen LogP contribution is 2.38. The minimum Gasteiger partial charge on any atom is -0.756 e. The Bertz CT molecular complexity index is 1080. The maximum Gasteiger partial charge on any atom is 0.306 e. The lowest BCUT2D eigenvalue weighted by atomic mass is 10.0. The van der Waals surface area contributed by atoms with Crippen LogP contribution in [0.1, 0.15) is 181 Å². The second kappa shape index (κ2) is 32.6. The van der Waals surface area contributed by atoms with Crippen molar-refractivity contribution in [2.75, 3.05) is 47.4 Å². The molecule has 0 aliphatic heterocycles. The van der Waals surface area contributed by atoms with E-state index in [1.165, 1.54) is 64.2 Å². The number of phosphoric ester groups is 1. The summed E-state index contributed by atoms with van der Waals surface area (Å²) in [5.41, 5.74) is 0. The number of allylic oxidation sites excluding steroid dienone is 2. The van der Waals surface area contributed by atoms with Crippen LogP contribution in [0.2, 0.25) is 0 Å². The smallest absolute Gasteiger partial charge is 0.306 e. The van der Waals surface area contributed by atoms with E-state index in [-0.39, 0.29) is 26.0 Å². The molecule has 0 aromatic carbocycles. The van der Waals surface area contributed by atoms with E-state index < -0.39 is 39.0 Å². The zero-order valence-corrected chi connectivity index (χ0v) is 32.8. The topological polar surface area (TPSA) is 111 Å². The molecule has 0 rings (SSSR count). The first kappa shape index (κ1) is 39.0. The Balaban J connectivity index is 5.18. The van der Waals surface area contributed by atoms with Crippen LogP contribution < -0.4 is 4.89 Å². The van der Waals surface area contributed by atoms with E-state index in [2.05, 4.69) is 30.5 Å². The first-order valence-corrected chi connectivity index (χ1v) is 20.8. The molecular weight excluding hydrogens is 641 g/mol. The summed E-state index contributed by atoms with van der Waals surface area (Å²) in [5, 5.41) is 0. The normalized spacial score (nSPS) is 16.6. The molecule has 0 saturated carbocycles. The Labute approximate surface area is 308 Å². The number of quaternary nitrogens is 1. The molecule has 0 aromatic rings. The molecule has 0 aliphatic carbocycles. The number of esters is 2. The summed E-state index contributed by atoms with van der Waals surface area (Å²) in [7, 11) is -0.156. The van der Waals surface area contributed by atoms with Gasteiger partial charge in [-0.1, -0.05) is 142 Å². The third kappa shape index (κ3) is 36.3. The van der Waals surface area contributed by atoms with E-state index >= 15 is 0 Å². The van der Waals surface area contributed by atoms with Crippen molar-refractivity contribution < 1.29 is 48.9 Å². The van der Waals surface area contributed by atoms with Gasteiger partial charge in [-0.25, -0.2) is 0 Å². The quantitative estimate of drug-likeness (QED) is 0.0207. The number of ether oxygens (including phenoxy) is 2. The summed E-state index contributed by atoms with van der Waals surface area (Å²) >= 11 is 0. The molecule has 0 spiro atoms. The van der Waals surface area contributed by atoms with Crippen molar-refractivity contribution in [1.82, 2.24) is 0 Å². The monoisotopic (exact) mass is 723 g/mol. The molecule has 0 heterocycles. The van der Waals surface area contributed by atoms with Crippen molar-refractivity contribution in [2.45, 2.75) is 180 Å². The fraction of sp³-hybridized carbons (Fsp3) is 0.897. The van der Waals surface area contributed by atoms with Crippen molar-refractivity contribution in [3.8, 4) is 0 Å². The number of carbonyl (C=O) groups is 2. The third-order valence-electron chi connectivity index (χ3n) is 8.11. The summed E-state index contributed by atoms with van der Waals surface area (Å²) in [6.45, 7) is -3.29. The number of nitrogens with zero attached hydrogens (tertiary/aromatic N) is 1. The lowest BCUT2D eigenvalue weighted by Gasteiger charge is -2.28. The molecule has 0 radical (unpaired) electrons. The van der Waals surface area contributed by atoms with E-state index in [1.54, 1.807) is 21.1 Å². The predicted octanol–water partition coefficient (Wildman–Crippen LogP) is 10.00. The van der Waals surface area contributed by atoms with Crippen molar-refractivity contribution >= 4 is 19.8 Å². The van der Waals surface area contributed by atoms with Gasteiger partial charge >= 0.3 is 11.9 Å². The summed E-state index contributed by atoms with van der Waals surface area (Å²) in [6, 6.07) is 0. The first-order valence-electron chi connectivity index (χ1n) is 21.9. The van der Waals surface area contributed by atoms with Crippen LogP contribution in [0.3, 0.4) is 0 Å². The largest absolute Gasteiger partial charge is 0.756 e. The minimum atomic E-state index is -5.50. The Morgan fingerprint density at radius 3 is 1.63 bits per heavy atom. The zero-order valence-electron chi connectivity index (χ0n) is 36.9. The third-order valence-corrected chi connectivity index (χ3v) is 8.93. The van der Waals surface area contributed by atoms with E-state index in [4.69, 9.17) is 20.9 Å². The molecule has 0 fully saturated rings. The molecule has 0 aromatic heterocycles. The fourth-order valence-electron chi connectivity index (χ4n) is 5.02. The molecule has 0 bridgehead atoms. The standard InChI is InChI=1S/C39H76NO8P/c1-6-8-10-12-14-16-18-19-20-22-23-25-27-29-31-38(41)45-35-37(36-47-49(43,44)46-34-33-40(3,4)5)48-39(42)32-30-28-26-24-21-17-15-13-11-9-7-2/h13,15,37H,6-12,14,16-36H2,1-5H3/b15-13-/t37-/m1/s1/i35D2,36D2,37D. The van der Waals surface area contributed by atoms with Crippen molar-refractivity contribution in [3.63, 3.8) is 0 Å². The van der Waals surface area contributed by atoms with Crippen molar-refractivity contribution in [2.24, 2.45) is 0 Å². The van der Waals surface area contributed by atoms with Gasteiger partial charge < -0.3 is 27.9 Å². The summed E-state index contributed by atoms with van der Waals surface area (Å²) in [5.74, 6) is -2.23. The maximum atomic E-state index is 12.9. The molecule has 0 N–H and O–H groups in total. The lowest BCUT2D eigenvalue weighted by Crippen LogP contribution is -2.37. The van der Waals surface area contributed by atoms with Gasteiger partial charge in [0.1, 0.15) is 19.7 Å². The molecule has 0 saturated heterocycles. The summed E-state index contributed by atoms with van der Waals surface area (Å²) in [4.78, 5) is 38.3. The predicted molar refractivity (Wildman–Crippen MR) is 199 cm³/mol. The Morgan fingerprint density at radius 2 is 1.12 bits per heavy atom. The van der Waals surface area contributed by atoms with Gasteiger partial charge in [0.25, 0.3) is 7.82 Å². The number of unbranched alkanes of at least 4 members (excludes halogenated alkanes) is 20. The van der Waals surface area contributed by atoms with Gasteiger partial charge in [0, 0.05) is 12.8 Å². The van der Waals surface area contributed by atoms with Crippen LogP contribution in [-0.2, 0) is 32.7 Å². The number of carbonyl (C=O) groups excluding carboxylic acids is 2. The van der Waals surface area contributed by atoms with E-state index in [0.29, 0.717) is 30.2 Å². The molecule has 9 nitrogen and oxygen atoms in total. The van der Waals surface area contributed by atoms with E-state index in [1.807, 2.05) is 0 Å². The van der Waals surface area contributed by atoms with Crippen LogP contribution in [0.15, 0.2) is 12.2 Å². The van der Waals surface area contributed by atoms with Gasteiger partial charge in [0.05, 0.1) is 34.6 Å². The molecule has 0 aliphatic rings. The highest BCUT2D eigenvalue weighted by atomic mass is 31.2. The van der Waals surface area contributed by atoms with Crippen LogP contribution in [0, 0.1) is 0 Å².